The van der Waals surface area contributed by atoms with E-state index in [4.69, 9.17) is 9.47 Å². The zero-order chi connectivity index (χ0) is 19.1. The quantitative estimate of drug-likeness (QED) is 0.765. The molecule has 1 aromatic rings. The lowest BCUT2D eigenvalue weighted by molar-refractivity contribution is 0.0777. The number of nitrogens with one attached hydrogen (secondary N) is 2. The summed E-state index contributed by atoms with van der Waals surface area (Å²) in [5, 5.41) is 5.57. The normalized spacial score (nSPS) is 20.7. The second-order valence-corrected chi connectivity index (χ2v) is 6.95. The largest absolute Gasteiger partial charge is 0.497 e. The number of methoxy groups -OCH3 is 2. The molecule has 1 aliphatic heterocycles. The summed E-state index contributed by atoms with van der Waals surface area (Å²) in [6, 6.07) is 6.25. The predicted molar refractivity (Wildman–Crippen MR) is 103 cm³/mol. The molecule has 0 saturated carbocycles. The maximum atomic E-state index is 11.5. The van der Waals surface area contributed by atoms with Gasteiger partial charge in [0.05, 0.1) is 14.2 Å². The molecular formula is C19H32N4O3. The van der Waals surface area contributed by atoms with Gasteiger partial charge in [-0.15, -0.1) is 0 Å². The van der Waals surface area contributed by atoms with Crippen molar-refractivity contribution in [2.24, 2.45) is 5.92 Å². The maximum absolute atomic E-state index is 11.5. The Morgan fingerprint density at radius 1 is 1.31 bits per heavy atom. The Bertz CT molecular complexity index is 594. The van der Waals surface area contributed by atoms with E-state index in [1.807, 2.05) is 12.1 Å². The van der Waals surface area contributed by atoms with Crippen molar-refractivity contribution in [2.75, 3.05) is 55.0 Å². The maximum Gasteiger partial charge on any atom is 0.314 e. The minimum Gasteiger partial charge on any atom is -0.497 e. The van der Waals surface area contributed by atoms with Crippen molar-refractivity contribution in [3.63, 3.8) is 0 Å². The van der Waals surface area contributed by atoms with Crippen molar-refractivity contribution >= 4 is 6.03 Å². The van der Waals surface area contributed by atoms with Crippen molar-refractivity contribution in [1.82, 2.24) is 20.4 Å². The van der Waals surface area contributed by atoms with Crippen LogP contribution in [0.3, 0.4) is 0 Å². The minimum atomic E-state index is -0.118. The molecule has 2 N–H and O–H groups in total. The average molecular weight is 364 g/mol. The Kier molecular flexibility index (Phi) is 7.53. The third-order valence-corrected chi connectivity index (χ3v) is 5.11. The number of ether oxygens (including phenoxy) is 2. The van der Waals surface area contributed by atoms with Crippen LogP contribution in [0.15, 0.2) is 18.2 Å². The summed E-state index contributed by atoms with van der Waals surface area (Å²) in [4.78, 5) is 16.2. The second-order valence-electron chi connectivity index (χ2n) is 6.95. The first kappa shape index (κ1) is 20.3. The van der Waals surface area contributed by atoms with Gasteiger partial charge in [-0.25, -0.2) is 4.79 Å². The fraction of sp³-hybridized carbons (Fsp3) is 0.632. The Balaban J connectivity index is 2.01. The first-order valence-corrected chi connectivity index (χ1v) is 9.03. The third-order valence-electron chi connectivity index (χ3n) is 5.11. The van der Waals surface area contributed by atoms with Crippen LogP contribution in [0.5, 0.6) is 11.5 Å². The predicted octanol–water partition coefficient (Wildman–Crippen LogP) is 1.38. The van der Waals surface area contributed by atoms with E-state index in [0.29, 0.717) is 18.5 Å². The number of hydrogen-bond acceptors (Lipinski definition) is 5. The summed E-state index contributed by atoms with van der Waals surface area (Å²) in [7, 11) is 9.21. The summed E-state index contributed by atoms with van der Waals surface area (Å²) >= 11 is 0. The second kappa shape index (κ2) is 9.64. The number of nitrogens with zero attached hydrogens (tertiary/aromatic N) is 2. The van der Waals surface area contributed by atoms with Gasteiger partial charge in [-0.05, 0) is 39.0 Å². The van der Waals surface area contributed by atoms with Gasteiger partial charge in [0.2, 0.25) is 0 Å². The van der Waals surface area contributed by atoms with Crippen molar-refractivity contribution in [2.45, 2.75) is 19.0 Å². The number of urea groups is 1. The fourth-order valence-corrected chi connectivity index (χ4v) is 3.55. The zero-order valence-corrected chi connectivity index (χ0v) is 16.5. The number of carbonyl (C=O) groups excluding carboxylic acids is 1. The third kappa shape index (κ3) is 5.25. The molecule has 0 unspecified atom stereocenters. The molecule has 0 radical (unpaired) electrons. The van der Waals surface area contributed by atoms with Gasteiger partial charge in [0.15, 0.2) is 0 Å². The molecule has 1 aromatic carbocycles. The number of carbonyl (C=O) groups is 1. The number of hydrogen-bond donors (Lipinski definition) is 2. The molecular weight excluding hydrogens is 332 g/mol. The van der Waals surface area contributed by atoms with Gasteiger partial charge in [0.25, 0.3) is 0 Å². The molecule has 0 aliphatic carbocycles. The SMILES string of the molecule is CNC(=O)NC[C@H]1CCN(Cc2ccc(OC)cc2OC)C[C@H]1N(C)C. The molecule has 7 heteroatoms. The van der Waals surface area contributed by atoms with Gasteiger partial charge in [0.1, 0.15) is 11.5 Å². The molecule has 2 rings (SSSR count). The van der Waals surface area contributed by atoms with Crippen LogP contribution in [0.2, 0.25) is 0 Å². The Hall–Kier alpha value is -1.99. The van der Waals surface area contributed by atoms with E-state index in [-0.39, 0.29) is 6.03 Å². The summed E-state index contributed by atoms with van der Waals surface area (Å²) in [6.45, 7) is 3.50. The van der Waals surface area contributed by atoms with Crippen LogP contribution < -0.4 is 20.1 Å². The van der Waals surface area contributed by atoms with Crippen molar-refractivity contribution in [1.29, 1.82) is 0 Å². The van der Waals surface area contributed by atoms with Crippen molar-refractivity contribution < 1.29 is 14.3 Å². The van der Waals surface area contributed by atoms with Gasteiger partial charge in [0, 0.05) is 44.4 Å². The van der Waals surface area contributed by atoms with Gasteiger partial charge in [-0.1, -0.05) is 6.07 Å². The van der Waals surface area contributed by atoms with Crippen molar-refractivity contribution in [3.8, 4) is 11.5 Å². The van der Waals surface area contributed by atoms with E-state index < -0.39 is 0 Å². The van der Waals surface area contributed by atoms with E-state index in [9.17, 15) is 4.79 Å². The highest BCUT2D eigenvalue weighted by molar-refractivity contribution is 5.73. The summed E-state index contributed by atoms with van der Waals surface area (Å²) in [5.41, 5.74) is 1.16. The number of likely N-dealkylation sites (tertiary alicyclic amines) is 1. The molecule has 1 saturated heterocycles. The Labute approximate surface area is 156 Å². The van der Waals surface area contributed by atoms with E-state index in [0.717, 1.165) is 43.1 Å². The fourth-order valence-electron chi connectivity index (χ4n) is 3.55. The molecule has 1 heterocycles. The summed E-state index contributed by atoms with van der Waals surface area (Å²) < 4.78 is 10.8. The first-order valence-electron chi connectivity index (χ1n) is 9.03. The lowest BCUT2D eigenvalue weighted by Crippen LogP contribution is -2.53. The molecule has 2 amide bonds. The van der Waals surface area contributed by atoms with Gasteiger partial charge in [-0.2, -0.15) is 0 Å². The molecule has 7 nitrogen and oxygen atoms in total. The Morgan fingerprint density at radius 3 is 2.69 bits per heavy atom. The highest BCUT2D eigenvalue weighted by Crippen LogP contribution is 2.28. The van der Waals surface area contributed by atoms with Gasteiger partial charge in [-0.3, -0.25) is 4.90 Å². The number of benzene rings is 1. The minimum absolute atomic E-state index is 0.118. The highest BCUT2D eigenvalue weighted by Gasteiger charge is 2.31. The van der Waals surface area contributed by atoms with Crippen LogP contribution in [0.1, 0.15) is 12.0 Å². The van der Waals surface area contributed by atoms with E-state index in [1.165, 1.54) is 0 Å². The Morgan fingerprint density at radius 2 is 2.08 bits per heavy atom. The summed E-state index contributed by atoms with van der Waals surface area (Å²) in [6.07, 6.45) is 1.05. The van der Waals surface area contributed by atoms with Crippen LogP contribution in [-0.2, 0) is 6.54 Å². The average Bonchev–Trinajstić information content (AvgIpc) is 2.66. The van der Waals surface area contributed by atoms with E-state index in [1.54, 1.807) is 21.3 Å². The molecule has 0 bridgehead atoms. The number of rotatable bonds is 7. The lowest BCUT2D eigenvalue weighted by atomic mass is 9.90. The molecule has 146 valence electrons. The van der Waals surface area contributed by atoms with Crippen molar-refractivity contribution in [3.05, 3.63) is 23.8 Å². The van der Waals surface area contributed by atoms with Crippen LogP contribution in [-0.4, -0.2) is 76.9 Å². The van der Waals surface area contributed by atoms with Crippen LogP contribution >= 0.6 is 0 Å². The van der Waals surface area contributed by atoms with Crippen LogP contribution in [0.25, 0.3) is 0 Å². The van der Waals surface area contributed by atoms with Gasteiger partial charge < -0.3 is 25.0 Å². The topological polar surface area (TPSA) is 66.1 Å². The number of likely N-dealkylation sites (N-methyl/N-ethyl adjacent to an activating group) is 1. The van der Waals surface area contributed by atoms with Crippen LogP contribution in [0, 0.1) is 5.92 Å². The van der Waals surface area contributed by atoms with Gasteiger partial charge >= 0.3 is 6.03 Å². The van der Waals surface area contributed by atoms with E-state index in [2.05, 4.69) is 40.6 Å². The lowest BCUT2D eigenvalue weighted by Gasteiger charge is -2.42. The number of amides is 2. The zero-order valence-electron chi connectivity index (χ0n) is 16.5. The van der Waals surface area contributed by atoms with E-state index >= 15 is 0 Å². The molecule has 1 aliphatic rings. The molecule has 26 heavy (non-hydrogen) atoms. The molecule has 0 aromatic heterocycles. The molecule has 0 spiro atoms. The number of piperidine rings is 1. The monoisotopic (exact) mass is 364 g/mol. The smallest absolute Gasteiger partial charge is 0.314 e. The molecule has 1 fully saturated rings. The van der Waals surface area contributed by atoms with Crippen LogP contribution in [0.4, 0.5) is 4.79 Å². The standard InChI is InChI=1S/C19H32N4O3/c1-20-19(24)21-11-14-8-9-23(13-17(14)22(2)3)12-15-6-7-16(25-4)10-18(15)26-5/h6-7,10,14,17H,8-9,11-13H2,1-5H3,(H2,20,21,24)/t14-,17-/m1/s1. The molecule has 2 atom stereocenters. The first-order chi connectivity index (χ1) is 12.5. The summed E-state index contributed by atoms with van der Waals surface area (Å²) in [5.74, 6) is 2.10. The highest BCUT2D eigenvalue weighted by atomic mass is 16.5.